The number of amides is 1. The van der Waals surface area contributed by atoms with Gasteiger partial charge in [-0.25, -0.2) is 4.98 Å². The van der Waals surface area contributed by atoms with Crippen LogP contribution in [0.1, 0.15) is 21.5 Å². The molecule has 3 aromatic rings. The van der Waals surface area contributed by atoms with E-state index in [0.29, 0.717) is 28.8 Å². The molecule has 1 aromatic heterocycles. The van der Waals surface area contributed by atoms with Crippen LogP contribution in [-0.4, -0.2) is 10.9 Å². The highest BCUT2D eigenvalue weighted by atomic mass is 35.5. The third-order valence-electron chi connectivity index (χ3n) is 3.68. The molecule has 0 spiro atoms. The molecule has 0 radical (unpaired) electrons. The second-order valence-corrected chi connectivity index (χ2v) is 5.88. The van der Waals surface area contributed by atoms with Gasteiger partial charge in [-0.05, 0) is 36.8 Å². The van der Waals surface area contributed by atoms with Crippen LogP contribution >= 0.6 is 11.6 Å². The minimum absolute atomic E-state index is 0.233. The predicted octanol–water partition coefficient (Wildman–Crippen LogP) is 4.77. The van der Waals surface area contributed by atoms with Crippen LogP contribution in [0, 0.1) is 6.92 Å². The minimum atomic E-state index is -0.233. The number of aromatic nitrogens is 1. The van der Waals surface area contributed by atoms with E-state index in [1.165, 1.54) is 0 Å². The van der Waals surface area contributed by atoms with Crippen LogP contribution < -0.4 is 10.1 Å². The van der Waals surface area contributed by atoms with Crippen LogP contribution in [0.4, 0.5) is 0 Å². The Morgan fingerprint density at radius 3 is 2.68 bits per heavy atom. The number of nitrogens with zero attached hydrogens (tertiary/aromatic N) is 1. The van der Waals surface area contributed by atoms with E-state index in [0.717, 1.165) is 11.1 Å². The average Bonchev–Trinajstić information content (AvgIpc) is 2.64. The molecule has 0 saturated heterocycles. The molecule has 0 saturated carbocycles. The molecule has 1 heterocycles. The summed E-state index contributed by atoms with van der Waals surface area (Å²) in [5, 5.41) is 3.33. The van der Waals surface area contributed by atoms with Crippen molar-refractivity contribution in [1.82, 2.24) is 10.3 Å². The smallest absolute Gasteiger partial charge is 0.253 e. The van der Waals surface area contributed by atoms with Crippen LogP contribution in [0.25, 0.3) is 0 Å². The van der Waals surface area contributed by atoms with Gasteiger partial charge < -0.3 is 10.1 Å². The van der Waals surface area contributed by atoms with Crippen molar-refractivity contribution in [2.24, 2.45) is 0 Å². The summed E-state index contributed by atoms with van der Waals surface area (Å²) in [5.41, 5.74) is 2.10. The Bertz CT molecular complexity index is 882. The number of carbonyl (C=O) groups excluding carboxylic acids is 1. The van der Waals surface area contributed by atoms with Gasteiger partial charge in [0.25, 0.3) is 5.91 Å². The molecule has 0 aliphatic rings. The fraction of sp³-hybridized carbons (Fsp3) is 0.100. The maximum atomic E-state index is 12.4. The first-order valence-electron chi connectivity index (χ1n) is 7.85. The Balaban J connectivity index is 1.73. The number of pyridine rings is 1. The van der Waals surface area contributed by atoms with E-state index in [2.05, 4.69) is 10.3 Å². The van der Waals surface area contributed by atoms with E-state index in [-0.39, 0.29) is 5.91 Å². The number of para-hydroxylation sites is 1. The largest absolute Gasteiger partial charge is 0.439 e. The van der Waals surface area contributed by atoms with Crippen molar-refractivity contribution in [3.63, 3.8) is 0 Å². The Labute approximate surface area is 151 Å². The van der Waals surface area contributed by atoms with Crippen LogP contribution in [0.15, 0.2) is 66.9 Å². The van der Waals surface area contributed by atoms with E-state index >= 15 is 0 Å². The highest BCUT2D eigenvalue weighted by molar-refractivity contribution is 6.34. The van der Waals surface area contributed by atoms with Gasteiger partial charge >= 0.3 is 0 Å². The molecule has 2 aromatic carbocycles. The maximum absolute atomic E-state index is 12.4. The van der Waals surface area contributed by atoms with Gasteiger partial charge in [-0.15, -0.1) is 0 Å². The minimum Gasteiger partial charge on any atom is -0.439 e. The lowest BCUT2D eigenvalue weighted by Crippen LogP contribution is -2.23. The van der Waals surface area contributed by atoms with E-state index < -0.39 is 0 Å². The number of hydrogen-bond acceptors (Lipinski definition) is 3. The number of carbonyl (C=O) groups is 1. The zero-order chi connectivity index (χ0) is 17.6. The lowest BCUT2D eigenvalue weighted by Gasteiger charge is -2.11. The predicted molar refractivity (Wildman–Crippen MR) is 98.1 cm³/mol. The van der Waals surface area contributed by atoms with Crippen molar-refractivity contribution in [3.8, 4) is 11.6 Å². The fourth-order valence-electron chi connectivity index (χ4n) is 2.34. The summed E-state index contributed by atoms with van der Waals surface area (Å²) in [4.78, 5) is 16.7. The Hall–Kier alpha value is -2.85. The SMILES string of the molecule is Cc1cccc(C(=O)NCc2cccnc2Oc2ccccc2)c1Cl. The second-order valence-electron chi connectivity index (χ2n) is 5.50. The molecule has 1 amide bonds. The molecule has 0 aliphatic heterocycles. The second kappa shape index (κ2) is 7.81. The van der Waals surface area contributed by atoms with Gasteiger partial charge in [-0.3, -0.25) is 4.79 Å². The van der Waals surface area contributed by atoms with Crippen LogP contribution in [-0.2, 0) is 6.54 Å². The van der Waals surface area contributed by atoms with Gasteiger partial charge in [0, 0.05) is 18.3 Å². The highest BCUT2D eigenvalue weighted by Gasteiger charge is 2.13. The normalized spacial score (nSPS) is 10.3. The molecule has 1 N–H and O–H groups in total. The van der Waals surface area contributed by atoms with Crippen molar-refractivity contribution >= 4 is 17.5 Å². The molecule has 0 fully saturated rings. The third kappa shape index (κ3) is 4.17. The number of hydrogen-bond donors (Lipinski definition) is 1. The fourth-order valence-corrected chi connectivity index (χ4v) is 2.56. The standard InChI is InChI=1S/C20H17ClN2O2/c1-14-7-5-11-17(18(14)21)19(24)23-13-15-8-6-12-22-20(15)25-16-9-3-2-4-10-16/h2-12H,13H2,1H3,(H,23,24). The van der Waals surface area contributed by atoms with Crippen LogP contribution in [0.5, 0.6) is 11.6 Å². The van der Waals surface area contributed by atoms with Crippen molar-refractivity contribution < 1.29 is 9.53 Å². The summed E-state index contributed by atoms with van der Waals surface area (Å²) >= 11 is 6.21. The highest BCUT2D eigenvalue weighted by Crippen LogP contribution is 2.23. The van der Waals surface area contributed by atoms with Gasteiger partial charge in [0.2, 0.25) is 5.88 Å². The zero-order valence-corrected chi connectivity index (χ0v) is 14.5. The zero-order valence-electron chi connectivity index (χ0n) is 13.7. The molecule has 25 heavy (non-hydrogen) atoms. The quantitative estimate of drug-likeness (QED) is 0.719. The molecular weight excluding hydrogens is 336 g/mol. The average molecular weight is 353 g/mol. The number of nitrogens with one attached hydrogen (secondary N) is 1. The molecule has 0 bridgehead atoms. The van der Waals surface area contributed by atoms with Crippen molar-refractivity contribution in [3.05, 3.63) is 88.6 Å². The third-order valence-corrected chi connectivity index (χ3v) is 4.19. The summed E-state index contributed by atoms with van der Waals surface area (Å²) in [6.07, 6.45) is 1.65. The molecule has 126 valence electrons. The first kappa shape index (κ1) is 17.0. The summed E-state index contributed by atoms with van der Waals surface area (Å²) < 4.78 is 5.80. The van der Waals surface area contributed by atoms with Gasteiger partial charge in [0.15, 0.2) is 0 Å². The van der Waals surface area contributed by atoms with E-state index in [1.807, 2.05) is 55.5 Å². The lowest BCUT2D eigenvalue weighted by atomic mass is 10.1. The number of halogens is 1. The van der Waals surface area contributed by atoms with Crippen LogP contribution in [0.3, 0.4) is 0 Å². The van der Waals surface area contributed by atoms with Crippen molar-refractivity contribution in [2.75, 3.05) is 0 Å². The molecule has 4 nitrogen and oxygen atoms in total. The number of ether oxygens (including phenoxy) is 1. The van der Waals surface area contributed by atoms with Gasteiger partial charge in [-0.2, -0.15) is 0 Å². The van der Waals surface area contributed by atoms with Crippen LogP contribution in [0.2, 0.25) is 5.02 Å². The number of rotatable bonds is 5. The molecule has 0 aliphatic carbocycles. The molecule has 3 rings (SSSR count). The number of benzene rings is 2. The Kier molecular flexibility index (Phi) is 5.31. The van der Waals surface area contributed by atoms with Gasteiger partial charge in [0.05, 0.1) is 10.6 Å². The topological polar surface area (TPSA) is 51.2 Å². The molecule has 5 heteroatoms. The monoisotopic (exact) mass is 352 g/mol. The number of aryl methyl sites for hydroxylation is 1. The van der Waals surface area contributed by atoms with Gasteiger partial charge in [0.1, 0.15) is 5.75 Å². The van der Waals surface area contributed by atoms with E-state index in [9.17, 15) is 4.79 Å². The van der Waals surface area contributed by atoms with E-state index in [4.69, 9.17) is 16.3 Å². The summed E-state index contributed by atoms with van der Waals surface area (Å²) in [7, 11) is 0. The maximum Gasteiger partial charge on any atom is 0.253 e. The first-order chi connectivity index (χ1) is 12.1. The van der Waals surface area contributed by atoms with E-state index in [1.54, 1.807) is 18.3 Å². The first-order valence-corrected chi connectivity index (χ1v) is 8.23. The summed E-state index contributed by atoms with van der Waals surface area (Å²) in [5.74, 6) is 0.919. The van der Waals surface area contributed by atoms with Gasteiger partial charge in [-0.1, -0.05) is 48.0 Å². The summed E-state index contributed by atoms with van der Waals surface area (Å²) in [6, 6.07) is 18.4. The Morgan fingerprint density at radius 2 is 1.88 bits per heavy atom. The molecule has 0 unspecified atom stereocenters. The molecular formula is C20H17ClN2O2. The Morgan fingerprint density at radius 1 is 1.08 bits per heavy atom. The summed E-state index contributed by atoms with van der Waals surface area (Å²) in [6.45, 7) is 2.16. The molecule has 0 atom stereocenters. The van der Waals surface area contributed by atoms with Crippen molar-refractivity contribution in [1.29, 1.82) is 0 Å². The van der Waals surface area contributed by atoms with Crippen molar-refractivity contribution in [2.45, 2.75) is 13.5 Å². The lowest BCUT2D eigenvalue weighted by molar-refractivity contribution is 0.0951.